The van der Waals surface area contributed by atoms with E-state index in [4.69, 9.17) is 0 Å². The molecule has 170 valence electrons. The monoisotopic (exact) mass is 479 g/mol. The quantitative estimate of drug-likeness (QED) is 0.231. The van der Waals surface area contributed by atoms with E-state index in [0.717, 1.165) is 0 Å². The summed E-state index contributed by atoms with van der Waals surface area (Å²) in [6.45, 7) is 13.6. The standard InChI is InChI=1S/C30H30BNS2/c1-19-15-21(3)29(22(4)16-19)31(30-23(5)17-20(2)18-24(30)6)32-25(27-9-7-13-33-27)11-12-26(32)28-10-8-14-34-28/h7-18H,1-6H3. The van der Waals surface area contributed by atoms with Gasteiger partial charge in [0.05, 0.1) is 0 Å². The summed E-state index contributed by atoms with van der Waals surface area (Å²) in [5.74, 6) is 0. The van der Waals surface area contributed by atoms with Crippen LogP contribution in [-0.4, -0.2) is 11.3 Å². The summed E-state index contributed by atoms with van der Waals surface area (Å²) in [5, 5.41) is 4.36. The maximum absolute atomic E-state index is 2.60. The molecule has 0 amide bonds. The highest BCUT2D eigenvalue weighted by Gasteiger charge is 2.33. The lowest BCUT2D eigenvalue weighted by Gasteiger charge is -2.28. The second-order valence-corrected chi connectivity index (χ2v) is 11.4. The van der Waals surface area contributed by atoms with Crippen LogP contribution in [0, 0.1) is 41.5 Å². The van der Waals surface area contributed by atoms with Gasteiger partial charge < -0.3 is 4.48 Å². The summed E-state index contributed by atoms with van der Waals surface area (Å²) >= 11 is 3.63. The molecule has 0 aliphatic heterocycles. The molecule has 0 aliphatic rings. The molecule has 1 nitrogen and oxygen atoms in total. The Bertz CT molecular complexity index is 1300. The lowest BCUT2D eigenvalue weighted by molar-refractivity contribution is 1.22. The van der Waals surface area contributed by atoms with Gasteiger partial charge in [-0.05, 0) is 87.5 Å². The van der Waals surface area contributed by atoms with Crippen LogP contribution in [0.1, 0.15) is 33.4 Å². The molecule has 5 rings (SSSR count). The van der Waals surface area contributed by atoms with Crippen molar-refractivity contribution in [2.24, 2.45) is 0 Å². The van der Waals surface area contributed by atoms with Crippen molar-refractivity contribution in [2.75, 3.05) is 0 Å². The van der Waals surface area contributed by atoms with Crippen molar-refractivity contribution in [3.05, 3.63) is 105 Å². The smallest absolute Gasteiger partial charge is 0.329 e. The molecule has 0 atom stereocenters. The minimum atomic E-state index is 0.0883. The molecule has 0 saturated heterocycles. The number of aromatic nitrogens is 1. The van der Waals surface area contributed by atoms with Crippen LogP contribution >= 0.6 is 22.7 Å². The maximum Gasteiger partial charge on any atom is 0.329 e. The fraction of sp³-hybridized carbons (Fsp3) is 0.200. The first kappa shape index (κ1) is 23.0. The van der Waals surface area contributed by atoms with Crippen molar-refractivity contribution in [1.82, 2.24) is 4.48 Å². The van der Waals surface area contributed by atoms with Crippen LogP contribution in [0.2, 0.25) is 0 Å². The van der Waals surface area contributed by atoms with Crippen LogP contribution in [0.3, 0.4) is 0 Å². The zero-order chi connectivity index (χ0) is 24.0. The molecule has 0 fully saturated rings. The Labute approximate surface area is 211 Å². The summed E-state index contributed by atoms with van der Waals surface area (Å²) < 4.78 is 2.60. The van der Waals surface area contributed by atoms with Gasteiger partial charge in [0.25, 0.3) is 0 Å². The van der Waals surface area contributed by atoms with Gasteiger partial charge in [0.2, 0.25) is 0 Å². The van der Waals surface area contributed by atoms with E-state index >= 15 is 0 Å². The van der Waals surface area contributed by atoms with Crippen LogP contribution in [0.15, 0.2) is 71.4 Å². The molecular formula is C30H30BNS2. The van der Waals surface area contributed by atoms with Crippen LogP contribution in [0.25, 0.3) is 21.1 Å². The maximum atomic E-state index is 2.60. The molecular weight excluding hydrogens is 449 g/mol. The van der Waals surface area contributed by atoms with Gasteiger partial charge in [0, 0.05) is 21.1 Å². The molecule has 0 aliphatic carbocycles. The minimum absolute atomic E-state index is 0.0883. The number of nitrogens with zero attached hydrogens (tertiary/aromatic N) is 1. The van der Waals surface area contributed by atoms with Crippen LogP contribution in [-0.2, 0) is 0 Å². The number of aryl methyl sites for hydroxylation is 6. The van der Waals surface area contributed by atoms with Crippen LogP contribution < -0.4 is 10.9 Å². The Morgan fingerprint density at radius 2 is 0.941 bits per heavy atom. The Hall–Kier alpha value is -2.82. The molecule has 3 aromatic heterocycles. The normalized spacial score (nSPS) is 11.2. The summed E-state index contributed by atoms with van der Waals surface area (Å²) in [7, 11) is 0. The van der Waals surface area contributed by atoms with Gasteiger partial charge in [-0.3, -0.25) is 0 Å². The fourth-order valence-electron chi connectivity index (χ4n) is 5.62. The predicted octanol–water partition coefficient (Wildman–Crippen LogP) is 7.45. The SMILES string of the molecule is Cc1cc(C)c(B(c2c(C)cc(C)cc2C)n2c(-c3cccs3)ccc2-c2cccs2)c(C)c1. The summed E-state index contributed by atoms with van der Waals surface area (Å²) in [6, 6.07) is 22.8. The average Bonchev–Trinajstić information content (AvgIpc) is 3.51. The summed E-state index contributed by atoms with van der Waals surface area (Å²) in [4.78, 5) is 2.61. The molecule has 0 N–H and O–H groups in total. The van der Waals surface area contributed by atoms with Crippen molar-refractivity contribution in [3.63, 3.8) is 0 Å². The third kappa shape index (κ3) is 3.99. The average molecular weight is 480 g/mol. The van der Waals surface area contributed by atoms with Crippen molar-refractivity contribution in [3.8, 4) is 21.1 Å². The van der Waals surface area contributed by atoms with Crippen LogP contribution in [0.5, 0.6) is 0 Å². The highest BCUT2D eigenvalue weighted by atomic mass is 32.1. The number of thiophene rings is 2. The van der Waals surface area contributed by atoms with Gasteiger partial charge in [-0.15, -0.1) is 22.7 Å². The van der Waals surface area contributed by atoms with Crippen molar-refractivity contribution in [1.29, 1.82) is 0 Å². The van der Waals surface area contributed by atoms with E-state index in [1.165, 1.54) is 65.4 Å². The molecule has 3 heterocycles. The Balaban J connectivity index is 1.91. The van der Waals surface area contributed by atoms with Gasteiger partial charge in [0.15, 0.2) is 0 Å². The lowest BCUT2D eigenvalue weighted by atomic mass is 9.46. The number of hydrogen-bond donors (Lipinski definition) is 0. The number of benzene rings is 2. The highest BCUT2D eigenvalue weighted by Crippen LogP contribution is 2.34. The highest BCUT2D eigenvalue weighted by molar-refractivity contribution is 7.14. The van der Waals surface area contributed by atoms with E-state index in [-0.39, 0.29) is 6.85 Å². The van der Waals surface area contributed by atoms with E-state index in [2.05, 4.69) is 117 Å². The van der Waals surface area contributed by atoms with E-state index in [1.54, 1.807) is 0 Å². The lowest BCUT2D eigenvalue weighted by Crippen LogP contribution is -2.53. The Morgan fingerprint density at radius 3 is 1.26 bits per heavy atom. The second kappa shape index (κ2) is 9.09. The third-order valence-electron chi connectivity index (χ3n) is 6.75. The molecule has 2 aromatic carbocycles. The first-order valence-electron chi connectivity index (χ1n) is 11.8. The van der Waals surface area contributed by atoms with E-state index in [9.17, 15) is 0 Å². The number of hydrogen-bond acceptors (Lipinski definition) is 2. The van der Waals surface area contributed by atoms with E-state index < -0.39 is 0 Å². The zero-order valence-corrected chi connectivity index (χ0v) is 22.4. The second-order valence-electron chi connectivity index (χ2n) is 9.46. The first-order chi connectivity index (χ1) is 16.3. The molecule has 0 spiro atoms. The molecule has 0 saturated carbocycles. The molecule has 34 heavy (non-hydrogen) atoms. The third-order valence-corrected chi connectivity index (χ3v) is 8.53. The van der Waals surface area contributed by atoms with Crippen molar-refractivity contribution in [2.45, 2.75) is 41.5 Å². The largest absolute Gasteiger partial charge is 0.375 e. The summed E-state index contributed by atoms with van der Waals surface area (Å²) in [5.41, 5.74) is 13.4. The Kier molecular flexibility index (Phi) is 6.14. The van der Waals surface area contributed by atoms with Crippen LogP contribution in [0.4, 0.5) is 0 Å². The van der Waals surface area contributed by atoms with Gasteiger partial charge >= 0.3 is 6.85 Å². The van der Waals surface area contributed by atoms with Crippen molar-refractivity contribution >= 4 is 40.4 Å². The molecule has 0 radical (unpaired) electrons. The minimum Gasteiger partial charge on any atom is -0.375 e. The number of rotatable bonds is 5. The van der Waals surface area contributed by atoms with E-state index in [0.29, 0.717) is 0 Å². The zero-order valence-electron chi connectivity index (χ0n) is 20.8. The van der Waals surface area contributed by atoms with Gasteiger partial charge in [-0.2, -0.15) is 0 Å². The topological polar surface area (TPSA) is 4.93 Å². The van der Waals surface area contributed by atoms with Gasteiger partial charge in [0.1, 0.15) is 0 Å². The predicted molar refractivity (Wildman–Crippen MR) is 153 cm³/mol. The fourth-order valence-corrected chi connectivity index (χ4v) is 7.12. The summed E-state index contributed by atoms with van der Waals surface area (Å²) in [6.07, 6.45) is 0. The molecule has 5 aromatic rings. The van der Waals surface area contributed by atoms with Crippen molar-refractivity contribution < 1.29 is 0 Å². The molecule has 0 unspecified atom stereocenters. The van der Waals surface area contributed by atoms with E-state index in [1.807, 2.05) is 22.7 Å². The van der Waals surface area contributed by atoms with Gasteiger partial charge in [-0.25, -0.2) is 0 Å². The first-order valence-corrected chi connectivity index (χ1v) is 13.6. The Morgan fingerprint density at radius 1 is 0.559 bits per heavy atom. The van der Waals surface area contributed by atoms with Gasteiger partial charge in [-0.1, -0.05) is 69.8 Å². The molecule has 0 bridgehead atoms. The molecule has 4 heteroatoms.